The van der Waals surface area contributed by atoms with Crippen molar-refractivity contribution >= 4 is 17.6 Å². The summed E-state index contributed by atoms with van der Waals surface area (Å²) in [5.41, 5.74) is 3.07. The van der Waals surface area contributed by atoms with Gasteiger partial charge in [0.15, 0.2) is 0 Å². The van der Waals surface area contributed by atoms with Crippen molar-refractivity contribution in [3.63, 3.8) is 0 Å². The van der Waals surface area contributed by atoms with Crippen molar-refractivity contribution in [2.24, 2.45) is 5.92 Å². The quantitative estimate of drug-likeness (QED) is 0.871. The smallest absolute Gasteiger partial charge is 0.321 e. The van der Waals surface area contributed by atoms with E-state index in [1.165, 1.54) is 6.42 Å². The van der Waals surface area contributed by atoms with Gasteiger partial charge in [0.05, 0.1) is 0 Å². The first kappa shape index (κ1) is 18.5. The molecule has 2 aromatic rings. The normalized spacial score (nSPS) is 17.6. The van der Waals surface area contributed by atoms with E-state index in [2.05, 4.69) is 17.4 Å². The minimum absolute atomic E-state index is 0.0922. The Balaban J connectivity index is 1.32. The number of nitrogens with one attached hydrogen (secondary N) is 1. The van der Waals surface area contributed by atoms with Crippen LogP contribution in [0, 0.1) is 5.92 Å². The number of rotatable bonds is 3. The second-order valence-corrected chi connectivity index (χ2v) is 7.67. The number of amides is 3. The zero-order valence-electron chi connectivity index (χ0n) is 16.1. The highest BCUT2D eigenvalue weighted by Crippen LogP contribution is 2.28. The van der Waals surface area contributed by atoms with E-state index in [1.807, 2.05) is 52.3 Å². The second kappa shape index (κ2) is 8.46. The maximum absolute atomic E-state index is 12.7. The summed E-state index contributed by atoms with van der Waals surface area (Å²) in [6.45, 7) is 2.66. The Morgan fingerprint density at radius 2 is 1.39 bits per heavy atom. The van der Waals surface area contributed by atoms with E-state index in [1.54, 1.807) is 0 Å². The molecular formula is C23H27N3O2. The van der Waals surface area contributed by atoms with E-state index >= 15 is 0 Å². The van der Waals surface area contributed by atoms with Crippen LogP contribution in [0.15, 0.2) is 54.6 Å². The zero-order valence-corrected chi connectivity index (χ0v) is 16.1. The van der Waals surface area contributed by atoms with E-state index < -0.39 is 0 Å². The first-order chi connectivity index (χ1) is 13.7. The largest absolute Gasteiger partial charge is 0.341 e. The highest BCUT2D eigenvalue weighted by molar-refractivity contribution is 5.89. The monoisotopic (exact) mass is 377 g/mol. The molecule has 5 heteroatoms. The molecule has 1 heterocycles. The van der Waals surface area contributed by atoms with Crippen LogP contribution in [0.3, 0.4) is 0 Å². The minimum Gasteiger partial charge on any atom is -0.341 e. The molecule has 3 amide bonds. The molecule has 1 saturated carbocycles. The van der Waals surface area contributed by atoms with Crippen LogP contribution in [0.4, 0.5) is 10.5 Å². The summed E-state index contributed by atoms with van der Waals surface area (Å²) < 4.78 is 0. The Labute approximate surface area is 166 Å². The van der Waals surface area contributed by atoms with Crippen LogP contribution >= 0.6 is 0 Å². The molecule has 4 rings (SSSR count). The number of nitrogens with zero attached hydrogens (tertiary/aromatic N) is 2. The molecule has 0 bridgehead atoms. The lowest BCUT2D eigenvalue weighted by atomic mass is 9.84. The molecule has 2 fully saturated rings. The van der Waals surface area contributed by atoms with Gasteiger partial charge in [0.2, 0.25) is 5.91 Å². The SMILES string of the molecule is O=C(Nc1ccc(-c2ccccc2)cc1)N1CCCN(C(=O)C2CCC2)CC1. The van der Waals surface area contributed by atoms with Crippen molar-refractivity contribution in [1.82, 2.24) is 9.80 Å². The van der Waals surface area contributed by atoms with E-state index in [4.69, 9.17) is 0 Å². The first-order valence-electron chi connectivity index (χ1n) is 10.2. The molecule has 0 spiro atoms. The van der Waals surface area contributed by atoms with E-state index in [0.717, 1.165) is 42.6 Å². The molecule has 0 aromatic heterocycles. The Kier molecular flexibility index (Phi) is 5.60. The molecule has 0 atom stereocenters. The number of anilines is 1. The molecule has 0 radical (unpaired) electrons. The summed E-state index contributed by atoms with van der Waals surface area (Å²) >= 11 is 0. The summed E-state index contributed by atoms with van der Waals surface area (Å²) in [4.78, 5) is 28.9. The second-order valence-electron chi connectivity index (χ2n) is 7.67. The minimum atomic E-state index is -0.0922. The number of benzene rings is 2. The van der Waals surface area contributed by atoms with Crippen LogP contribution in [0.25, 0.3) is 11.1 Å². The van der Waals surface area contributed by atoms with Gasteiger partial charge in [-0.2, -0.15) is 0 Å². The van der Waals surface area contributed by atoms with Gasteiger partial charge in [-0.05, 0) is 42.5 Å². The van der Waals surface area contributed by atoms with Crippen LogP contribution in [0.2, 0.25) is 0 Å². The number of carbonyl (C=O) groups is 2. The van der Waals surface area contributed by atoms with Crippen LogP contribution in [-0.2, 0) is 4.79 Å². The number of carbonyl (C=O) groups excluding carboxylic acids is 2. The van der Waals surface area contributed by atoms with Crippen molar-refractivity contribution in [1.29, 1.82) is 0 Å². The summed E-state index contributed by atoms with van der Waals surface area (Å²) in [5.74, 6) is 0.508. The standard InChI is InChI=1S/C23H27N3O2/c27-22(20-8-4-9-20)25-14-5-15-26(17-16-25)23(28)24-21-12-10-19(11-13-21)18-6-2-1-3-7-18/h1-3,6-7,10-13,20H,4-5,8-9,14-17H2,(H,24,28). The van der Waals surface area contributed by atoms with Crippen molar-refractivity contribution in [2.45, 2.75) is 25.7 Å². The van der Waals surface area contributed by atoms with Crippen LogP contribution in [-0.4, -0.2) is 47.9 Å². The average molecular weight is 377 g/mol. The van der Waals surface area contributed by atoms with E-state index in [0.29, 0.717) is 19.6 Å². The lowest BCUT2D eigenvalue weighted by molar-refractivity contribution is -0.138. The molecule has 2 aromatic carbocycles. The zero-order chi connectivity index (χ0) is 19.3. The summed E-state index contributed by atoms with van der Waals surface area (Å²) in [6, 6.07) is 18.0. The number of hydrogen-bond acceptors (Lipinski definition) is 2. The van der Waals surface area contributed by atoms with Gasteiger partial charge in [-0.25, -0.2) is 4.79 Å². The van der Waals surface area contributed by atoms with Crippen molar-refractivity contribution in [3.8, 4) is 11.1 Å². The fourth-order valence-electron chi connectivity index (χ4n) is 3.83. The van der Waals surface area contributed by atoms with Crippen molar-refractivity contribution in [3.05, 3.63) is 54.6 Å². The van der Waals surface area contributed by atoms with Gasteiger partial charge in [-0.3, -0.25) is 4.79 Å². The van der Waals surface area contributed by atoms with E-state index in [9.17, 15) is 9.59 Å². The molecule has 146 valence electrons. The molecule has 2 aliphatic rings. The van der Waals surface area contributed by atoms with Crippen molar-refractivity contribution < 1.29 is 9.59 Å². The molecule has 28 heavy (non-hydrogen) atoms. The third kappa shape index (κ3) is 4.19. The highest BCUT2D eigenvalue weighted by Gasteiger charge is 2.30. The topological polar surface area (TPSA) is 52.7 Å². The van der Waals surface area contributed by atoms with Gasteiger partial charge < -0.3 is 15.1 Å². The van der Waals surface area contributed by atoms with Gasteiger partial charge in [-0.1, -0.05) is 48.9 Å². The summed E-state index contributed by atoms with van der Waals surface area (Å²) in [7, 11) is 0. The predicted molar refractivity (Wildman–Crippen MR) is 111 cm³/mol. The maximum Gasteiger partial charge on any atom is 0.321 e. The molecule has 1 saturated heterocycles. The Morgan fingerprint density at radius 1 is 0.750 bits per heavy atom. The van der Waals surface area contributed by atoms with Crippen LogP contribution < -0.4 is 5.32 Å². The molecule has 0 unspecified atom stereocenters. The lowest BCUT2D eigenvalue weighted by Crippen LogP contribution is -2.42. The Hall–Kier alpha value is -2.82. The fraction of sp³-hybridized carbons (Fsp3) is 0.391. The molecular weight excluding hydrogens is 350 g/mol. The Morgan fingerprint density at radius 3 is 2.07 bits per heavy atom. The van der Waals surface area contributed by atoms with Gasteiger partial charge in [-0.15, -0.1) is 0 Å². The highest BCUT2D eigenvalue weighted by atomic mass is 16.2. The van der Waals surface area contributed by atoms with Gasteiger partial charge in [0.1, 0.15) is 0 Å². The van der Waals surface area contributed by atoms with Gasteiger partial charge >= 0.3 is 6.03 Å². The molecule has 1 aliphatic heterocycles. The maximum atomic E-state index is 12.7. The molecule has 1 N–H and O–H groups in total. The summed E-state index contributed by atoms with van der Waals surface area (Å²) in [6.07, 6.45) is 4.05. The summed E-state index contributed by atoms with van der Waals surface area (Å²) in [5, 5.41) is 2.99. The number of urea groups is 1. The lowest BCUT2D eigenvalue weighted by Gasteiger charge is -2.31. The molecule has 1 aliphatic carbocycles. The van der Waals surface area contributed by atoms with E-state index in [-0.39, 0.29) is 17.9 Å². The average Bonchev–Trinajstić information content (AvgIpc) is 2.94. The van der Waals surface area contributed by atoms with Crippen LogP contribution in [0.1, 0.15) is 25.7 Å². The number of hydrogen-bond donors (Lipinski definition) is 1. The predicted octanol–water partition coefficient (Wildman–Crippen LogP) is 4.22. The van der Waals surface area contributed by atoms with Crippen molar-refractivity contribution in [2.75, 3.05) is 31.5 Å². The molecule has 5 nitrogen and oxygen atoms in total. The first-order valence-corrected chi connectivity index (χ1v) is 10.2. The fourth-order valence-corrected chi connectivity index (χ4v) is 3.83. The third-order valence-electron chi connectivity index (χ3n) is 5.79. The van der Waals surface area contributed by atoms with Crippen LogP contribution in [0.5, 0.6) is 0 Å². The third-order valence-corrected chi connectivity index (χ3v) is 5.79. The Bertz CT molecular complexity index is 816. The van der Waals surface area contributed by atoms with Gasteiger partial charge in [0, 0.05) is 37.8 Å². The van der Waals surface area contributed by atoms with Gasteiger partial charge in [0.25, 0.3) is 0 Å².